The van der Waals surface area contributed by atoms with Crippen LogP contribution in [-0.4, -0.2) is 4.90 Å². The zero-order valence-corrected chi connectivity index (χ0v) is 14.6. The molecule has 1 aromatic rings. The summed E-state index contributed by atoms with van der Waals surface area (Å²) in [6, 6.07) is 8.64. The van der Waals surface area contributed by atoms with Gasteiger partial charge in [0.05, 0.1) is 0 Å². The molecule has 23 heavy (non-hydrogen) atoms. The highest BCUT2D eigenvalue weighted by Gasteiger charge is 2.31. The fourth-order valence-corrected chi connectivity index (χ4v) is 3.53. The highest BCUT2D eigenvalue weighted by molar-refractivity contribution is 5.94. The summed E-state index contributed by atoms with van der Waals surface area (Å²) >= 11 is 0. The van der Waals surface area contributed by atoms with Gasteiger partial charge < -0.3 is 4.90 Å². The molecule has 0 saturated carbocycles. The molecule has 0 fully saturated rings. The van der Waals surface area contributed by atoms with Crippen LogP contribution in [0.25, 0.3) is 11.3 Å². The normalized spacial score (nSPS) is 17.6. The summed E-state index contributed by atoms with van der Waals surface area (Å²) in [6.07, 6.45) is 9.02. The fourth-order valence-electron chi connectivity index (χ4n) is 3.53. The topological polar surface area (TPSA) is 3.24 Å². The minimum Gasteiger partial charge on any atom is -0.311 e. The molecule has 0 saturated heterocycles. The van der Waals surface area contributed by atoms with Gasteiger partial charge in [-0.1, -0.05) is 54.1 Å². The smallest absolute Gasteiger partial charge is 0.0499 e. The van der Waals surface area contributed by atoms with E-state index in [1.165, 1.54) is 39.2 Å². The number of nitrogens with zero attached hydrogens (tertiary/aromatic N) is 1. The Morgan fingerprint density at radius 1 is 1.17 bits per heavy atom. The van der Waals surface area contributed by atoms with Crippen LogP contribution in [0.1, 0.15) is 51.7 Å². The van der Waals surface area contributed by atoms with E-state index in [-0.39, 0.29) is 0 Å². The van der Waals surface area contributed by atoms with Crippen LogP contribution in [0.15, 0.2) is 71.6 Å². The van der Waals surface area contributed by atoms with Crippen molar-refractivity contribution in [3.05, 3.63) is 82.7 Å². The van der Waals surface area contributed by atoms with E-state index in [4.69, 9.17) is 0 Å². The van der Waals surface area contributed by atoms with Crippen molar-refractivity contribution in [1.82, 2.24) is 4.90 Å². The SMILES string of the molecule is C=C1c2ccccc2C2=C(C)CCC=C2N1/C(C=C(C)C)=C\C. The van der Waals surface area contributed by atoms with Gasteiger partial charge in [0.1, 0.15) is 0 Å². The van der Waals surface area contributed by atoms with Crippen molar-refractivity contribution in [1.29, 1.82) is 0 Å². The summed E-state index contributed by atoms with van der Waals surface area (Å²) in [5.41, 5.74) is 10.3. The van der Waals surface area contributed by atoms with Gasteiger partial charge in [-0.05, 0) is 52.2 Å². The van der Waals surface area contributed by atoms with Crippen LogP contribution < -0.4 is 0 Å². The van der Waals surface area contributed by atoms with Crippen LogP contribution in [0.2, 0.25) is 0 Å². The third-order valence-corrected chi connectivity index (χ3v) is 4.55. The molecule has 0 amide bonds. The van der Waals surface area contributed by atoms with Crippen molar-refractivity contribution in [2.45, 2.75) is 40.5 Å². The zero-order valence-electron chi connectivity index (χ0n) is 14.6. The quantitative estimate of drug-likeness (QED) is 0.580. The molecule has 1 aliphatic carbocycles. The average Bonchev–Trinajstić information content (AvgIpc) is 2.53. The number of hydrogen-bond acceptors (Lipinski definition) is 1. The van der Waals surface area contributed by atoms with Crippen LogP contribution >= 0.6 is 0 Å². The molecule has 1 heterocycles. The molecule has 0 bridgehead atoms. The maximum atomic E-state index is 4.42. The lowest BCUT2D eigenvalue weighted by atomic mass is 9.83. The first-order valence-corrected chi connectivity index (χ1v) is 8.35. The number of allylic oxidation sites excluding steroid dienone is 6. The predicted octanol–water partition coefficient (Wildman–Crippen LogP) is 6.29. The van der Waals surface area contributed by atoms with Gasteiger partial charge in [-0.25, -0.2) is 0 Å². The molecule has 0 unspecified atom stereocenters. The lowest BCUT2D eigenvalue weighted by Gasteiger charge is -2.39. The highest BCUT2D eigenvalue weighted by atomic mass is 15.2. The Bertz CT molecular complexity index is 780. The predicted molar refractivity (Wildman–Crippen MR) is 100 cm³/mol. The van der Waals surface area contributed by atoms with E-state index in [9.17, 15) is 0 Å². The molecule has 1 aromatic carbocycles. The second-order valence-corrected chi connectivity index (χ2v) is 6.55. The number of benzene rings is 1. The first kappa shape index (κ1) is 15.6. The van der Waals surface area contributed by atoms with Gasteiger partial charge in [-0.2, -0.15) is 0 Å². The van der Waals surface area contributed by atoms with Gasteiger partial charge in [-0.15, -0.1) is 0 Å². The lowest BCUT2D eigenvalue weighted by molar-refractivity contribution is 0.624. The second-order valence-electron chi connectivity index (χ2n) is 6.55. The Morgan fingerprint density at radius 2 is 1.87 bits per heavy atom. The summed E-state index contributed by atoms with van der Waals surface area (Å²) in [4.78, 5) is 2.33. The van der Waals surface area contributed by atoms with Crippen molar-refractivity contribution in [3.8, 4) is 0 Å². The standard InChI is InChI=1S/C22H25N/c1-6-18(14-15(2)3)23-17(5)19-11-7-8-12-20(19)22-16(4)10-9-13-21(22)23/h6-8,11-14H,5,9-10H2,1-4H3/b18-6-. The van der Waals surface area contributed by atoms with Crippen LogP contribution in [0.3, 0.4) is 0 Å². The minimum atomic E-state index is 1.07. The number of hydrogen-bond donors (Lipinski definition) is 0. The Kier molecular flexibility index (Phi) is 4.12. The molecule has 0 spiro atoms. The molecule has 1 heteroatoms. The van der Waals surface area contributed by atoms with Crippen molar-refractivity contribution in [2.75, 3.05) is 0 Å². The maximum absolute atomic E-state index is 4.42. The van der Waals surface area contributed by atoms with E-state index in [0.717, 1.165) is 18.5 Å². The molecule has 0 N–H and O–H groups in total. The van der Waals surface area contributed by atoms with Crippen molar-refractivity contribution in [2.24, 2.45) is 0 Å². The molecule has 1 aliphatic heterocycles. The van der Waals surface area contributed by atoms with E-state index in [2.05, 4.69) is 81.7 Å². The Labute approximate surface area is 140 Å². The molecule has 0 radical (unpaired) electrons. The van der Waals surface area contributed by atoms with E-state index in [1.54, 1.807) is 0 Å². The highest BCUT2D eigenvalue weighted by Crippen LogP contribution is 2.46. The molecule has 0 atom stereocenters. The van der Waals surface area contributed by atoms with Gasteiger partial charge in [0, 0.05) is 28.2 Å². The molecular weight excluding hydrogens is 278 g/mol. The summed E-state index contributed by atoms with van der Waals surface area (Å²) in [7, 11) is 0. The summed E-state index contributed by atoms with van der Waals surface area (Å²) in [5.74, 6) is 0. The van der Waals surface area contributed by atoms with Crippen LogP contribution in [0, 0.1) is 0 Å². The summed E-state index contributed by atoms with van der Waals surface area (Å²) in [6.45, 7) is 13.1. The molecule has 1 nitrogen and oxygen atoms in total. The van der Waals surface area contributed by atoms with E-state index < -0.39 is 0 Å². The molecular formula is C22H25N. The molecule has 3 rings (SSSR count). The monoisotopic (exact) mass is 303 g/mol. The molecule has 2 aliphatic rings. The van der Waals surface area contributed by atoms with E-state index >= 15 is 0 Å². The van der Waals surface area contributed by atoms with Gasteiger partial charge in [0.15, 0.2) is 0 Å². The van der Waals surface area contributed by atoms with E-state index in [0.29, 0.717) is 0 Å². The summed E-state index contributed by atoms with van der Waals surface area (Å²) in [5, 5.41) is 0. The maximum Gasteiger partial charge on any atom is 0.0499 e. The largest absolute Gasteiger partial charge is 0.311 e. The van der Waals surface area contributed by atoms with Gasteiger partial charge >= 0.3 is 0 Å². The number of fused-ring (bicyclic) bond motifs is 3. The fraction of sp³-hybridized carbons (Fsp3) is 0.273. The van der Waals surface area contributed by atoms with E-state index in [1.807, 2.05) is 0 Å². The zero-order chi connectivity index (χ0) is 16.6. The van der Waals surface area contributed by atoms with Crippen molar-refractivity contribution >= 4 is 11.3 Å². The molecule has 0 aromatic heterocycles. The van der Waals surface area contributed by atoms with Crippen molar-refractivity contribution < 1.29 is 0 Å². The van der Waals surface area contributed by atoms with Gasteiger partial charge in [0.2, 0.25) is 0 Å². The van der Waals surface area contributed by atoms with Crippen LogP contribution in [0.4, 0.5) is 0 Å². The third kappa shape index (κ3) is 2.61. The molecule has 118 valence electrons. The Balaban J connectivity index is 2.26. The lowest BCUT2D eigenvalue weighted by Crippen LogP contribution is -2.27. The second kappa shape index (κ2) is 6.08. The third-order valence-electron chi connectivity index (χ3n) is 4.55. The minimum absolute atomic E-state index is 1.07. The average molecular weight is 303 g/mol. The van der Waals surface area contributed by atoms with Gasteiger partial charge in [0.25, 0.3) is 0 Å². The Hall–Kier alpha value is -2.28. The first-order chi connectivity index (χ1) is 11.0. The van der Waals surface area contributed by atoms with Crippen molar-refractivity contribution in [3.63, 3.8) is 0 Å². The number of rotatable bonds is 2. The van der Waals surface area contributed by atoms with Gasteiger partial charge in [-0.3, -0.25) is 0 Å². The van der Waals surface area contributed by atoms with Crippen LogP contribution in [-0.2, 0) is 0 Å². The Morgan fingerprint density at radius 3 is 2.52 bits per heavy atom. The van der Waals surface area contributed by atoms with Crippen LogP contribution in [0.5, 0.6) is 0 Å². The summed E-state index contributed by atoms with van der Waals surface area (Å²) < 4.78 is 0. The first-order valence-electron chi connectivity index (χ1n) is 8.35.